The number of unbranched alkanes of at least 4 members (excludes halogenated alkanes) is 17. The van der Waals surface area contributed by atoms with Crippen LogP contribution >= 0.6 is 0 Å². The van der Waals surface area contributed by atoms with E-state index in [1.165, 1.54) is 122 Å². The Morgan fingerprint density at radius 1 is 0.515 bits per heavy atom. The van der Waals surface area contributed by atoms with Crippen LogP contribution in [0.3, 0.4) is 0 Å². The fourth-order valence-corrected chi connectivity index (χ4v) is 4.18. The van der Waals surface area contributed by atoms with Crippen LogP contribution in [0.5, 0.6) is 0 Å². The molecule has 0 bridgehead atoms. The minimum absolute atomic E-state index is 0.0157. The fraction of sp³-hybridized carbons (Fsp3) is 0.933. The summed E-state index contributed by atoms with van der Waals surface area (Å²) in [6, 6.07) is 0. The summed E-state index contributed by atoms with van der Waals surface area (Å²) in [7, 11) is 0. The van der Waals surface area contributed by atoms with Crippen molar-refractivity contribution in [2.75, 3.05) is 19.8 Å². The standard InChI is InChI=1S/C30H60O3/c1-3-5-7-9-20-24-28-32-30(33-29-25-21-10-8-6-4-2)26-22-18-16-14-12-11-13-15-17-19-23-27-31/h17,19,30-31H,3-16,18,20-29H2,1-2H3/b19-17+. The first kappa shape index (κ1) is 32.6. The minimum Gasteiger partial charge on any atom is -0.396 e. The molecule has 198 valence electrons. The lowest BCUT2D eigenvalue weighted by atomic mass is 10.1. The summed E-state index contributed by atoms with van der Waals surface area (Å²) in [5.74, 6) is 0. The molecule has 0 heterocycles. The molecule has 0 aliphatic carbocycles. The Morgan fingerprint density at radius 3 is 1.45 bits per heavy atom. The zero-order valence-electron chi connectivity index (χ0n) is 22.7. The highest BCUT2D eigenvalue weighted by Gasteiger charge is 2.09. The van der Waals surface area contributed by atoms with E-state index in [0.29, 0.717) is 0 Å². The molecule has 33 heavy (non-hydrogen) atoms. The van der Waals surface area contributed by atoms with Gasteiger partial charge in [0.15, 0.2) is 6.29 Å². The van der Waals surface area contributed by atoms with Crippen molar-refractivity contribution < 1.29 is 14.6 Å². The quantitative estimate of drug-likeness (QED) is 0.0705. The summed E-state index contributed by atoms with van der Waals surface area (Å²) >= 11 is 0. The molecule has 0 rings (SSSR count). The summed E-state index contributed by atoms with van der Waals surface area (Å²) < 4.78 is 12.3. The predicted octanol–water partition coefficient (Wildman–Crippen LogP) is 9.52. The highest BCUT2D eigenvalue weighted by molar-refractivity contribution is 4.80. The van der Waals surface area contributed by atoms with E-state index in [4.69, 9.17) is 14.6 Å². The molecule has 0 unspecified atom stereocenters. The molecule has 3 nitrogen and oxygen atoms in total. The van der Waals surface area contributed by atoms with Crippen molar-refractivity contribution in [1.82, 2.24) is 0 Å². The van der Waals surface area contributed by atoms with Crippen LogP contribution in [0.2, 0.25) is 0 Å². The van der Waals surface area contributed by atoms with Crippen LogP contribution in [0.4, 0.5) is 0 Å². The van der Waals surface area contributed by atoms with Crippen molar-refractivity contribution in [3.63, 3.8) is 0 Å². The van der Waals surface area contributed by atoms with Crippen LogP contribution < -0.4 is 0 Å². The molecule has 0 amide bonds. The van der Waals surface area contributed by atoms with Gasteiger partial charge in [-0.1, -0.05) is 122 Å². The number of hydrogen-bond acceptors (Lipinski definition) is 3. The lowest BCUT2D eigenvalue weighted by molar-refractivity contribution is -0.148. The second-order valence-electron chi connectivity index (χ2n) is 9.74. The molecule has 0 aliphatic rings. The average molecular weight is 469 g/mol. The summed E-state index contributed by atoms with van der Waals surface area (Å²) in [5.41, 5.74) is 0. The maximum atomic E-state index is 8.76. The fourth-order valence-electron chi connectivity index (χ4n) is 4.18. The van der Waals surface area contributed by atoms with Gasteiger partial charge in [-0.15, -0.1) is 0 Å². The Morgan fingerprint density at radius 2 is 0.939 bits per heavy atom. The highest BCUT2D eigenvalue weighted by Crippen LogP contribution is 2.15. The first-order chi connectivity index (χ1) is 16.3. The van der Waals surface area contributed by atoms with Crippen molar-refractivity contribution in [2.45, 2.75) is 161 Å². The number of allylic oxidation sites excluding steroid dienone is 1. The van der Waals surface area contributed by atoms with Gasteiger partial charge in [0.1, 0.15) is 0 Å². The molecular weight excluding hydrogens is 408 g/mol. The van der Waals surface area contributed by atoms with Crippen LogP contribution in [0.15, 0.2) is 12.2 Å². The average Bonchev–Trinajstić information content (AvgIpc) is 2.83. The number of hydrogen-bond donors (Lipinski definition) is 1. The maximum Gasteiger partial charge on any atom is 0.157 e. The first-order valence-electron chi connectivity index (χ1n) is 14.8. The van der Waals surface area contributed by atoms with Crippen molar-refractivity contribution in [3.05, 3.63) is 12.2 Å². The van der Waals surface area contributed by atoms with E-state index in [1.807, 2.05) is 0 Å². The summed E-state index contributed by atoms with van der Waals surface area (Å²) in [4.78, 5) is 0. The molecule has 1 N–H and O–H groups in total. The van der Waals surface area contributed by atoms with Crippen molar-refractivity contribution in [2.24, 2.45) is 0 Å². The van der Waals surface area contributed by atoms with Crippen LogP contribution in [0.1, 0.15) is 155 Å². The van der Waals surface area contributed by atoms with E-state index in [9.17, 15) is 0 Å². The molecule has 0 atom stereocenters. The second-order valence-corrected chi connectivity index (χ2v) is 9.74. The zero-order chi connectivity index (χ0) is 24.1. The van der Waals surface area contributed by atoms with E-state index in [0.717, 1.165) is 32.5 Å². The molecule has 0 saturated carbocycles. The van der Waals surface area contributed by atoms with Gasteiger partial charge in [0.2, 0.25) is 0 Å². The van der Waals surface area contributed by atoms with Crippen LogP contribution in [-0.2, 0) is 9.47 Å². The molecular formula is C30H60O3. The van der Waals surface area contributed by atoms with E-state index >= 15 is 0 Å². The van der Waals surface area contributed by atoms with Crippen molar-refractivity contribution in [3.8, 4) is 0 Å². The van der Waals surface area contributed by atoms with Crippen LogP contribution in [0.25, 0.3) is 0 Å². The number of aliphatic hydroxyl groups excluding tert-OH is 1. The van der Waals surface area contributed by atoms with Crippen LogP contribution in [-0.4, -0.2) is 31.2 Å². The third kappa shape index (κ3) is 27.7. The van der Waals surface area contributed by atoms with Crippen LogP contribution in [0, 0.1) is 0 Å². The summed E-state index contributed by atoms with van der Waals surface area (Å²) in [5, 5.41) is 8.76. The smallest absolute Gasteiger partial charge is 0.157 e. The second kappa shape index (κ2) is 29.7. The van der Waals surface area contributed by atoms with Gasteiger partial charge in [-0.05, 0) is 44.9 Å². The van der Waals surface area contributed by atoms with E-state index in [-0.39, 0.29) is 12.9 Å². The summed E-state index contributed by atoms with van der Waals surface area (Å²) in [6.45, 7) is 6.54. The third-order valence-corrected chi connectivity index (χ3v) is 6.38. The van der Waals surface area contributed by atoms with E-state index in [1.54, 1.807) is 0 Å². The molecule has 0 saturated heterocycles. The Bertz CT molecular complexity index is 352. The van der Waals surface area contributed by atoms with E-state index < -0.39 is 0 Å². The molecule has 0 aromatic carbocycles. The molecule has 0 aromatic heterocycles. The minimum atomic E-state index is 0.0157. The lowest BCUT2D eigenvalue weighted by Gasteiger charge is -2.19. The first-order valence-corrected chi connectivity index (χ1v) is 14.8. The monoisotopic (exact) mass is 468 g/mol. The van der Waals surface area contributed by atoms with Gasteiger partial charge < -0.3 is 14.6 Å². The maximum absolute atomic E-state index is 8.76. The highest BCUT2D eigenvalue weighted by atomic mass is 16.7. The van der Waals surface area contributed by atoms with Gasteiger partial charge in [-0.2, -0.15) is 0 Å². The summed E-state index contributed by atoms with van der Waals surface area (Å²) in [6.07, 6.45) is 32.2. The predicted molar refractivity (Wildman–Crippen MR) is 145 cm³/mol. The largest absolute Gasteiger partial charge is 0.396 e. The normalized spacial score (nSPS) is 11.9. The Balaban J connectivity index is 3.80. The molecule has 3 heteroatoms. The number of ether oxygens (including phenoxy) is 2. The third-order valence-electron chi connectivity index (χ3n) is 6.38. The number of aliphatic hydroxyl groups is 1. The molecule has 0 aliphatic heterocycles. The topological polar surface area (TPSA) is 38.7 Å². The number of rotatable bonds is 28. The lowest BCUT2D eigenvalue weighted by Crippen LogP contribution is -2.19. The van der Waals surface area contributed by atoms with Gasteiger partial charge in [0, 0.05) is 19.8 Å². The van der Waals surface area contributed by atoms with Gasteiger partial charge in [-0.3, -0.25) is 0 Å². The molecule has 0 radical (unpaired) electrons. The van der Waals surface area contributed by atoms with Gasteiger partial charge in [-0.25, -0.2) is 0 Å². The molecule has 0 spiro atoms. The Kier molecular flexibility index (Phi) is 29.3. The van der Waals surface area contributed by atoms with Gasteiger partial charge in [0.25, 0.3) is 0 Å². The van der Waals surface area contributed by atoms with Crippen molar-refractivity contribution in [1.29, 1.82) is 0 Å². The van der Waals surface area contributed by atoms with Gasteiger partial charge in [0.05, 0.1) is 0 Å². The SMILES string of the molecule is CCCCCCCCOC(CCCCCCCCC/C=C/CCO)OCCCCCCCC. The van der Waals surface area contributed by atoms with Crippen molar-refractivity contribution >= 4 is 0 Å². The Hall–Kier alpha value is -0.380. The zero-order valence-corrected chi connectivity index (χ0v) is 22.7. The Labute approximate surface area is 208 Å². The molecule has 0 aromatic rings. The van der Waals surface area contributed by atoms with Gasteiger partial charge >= 0.3 is 0 Å². The molecule has 0 fully saturated rings. The van der Waals surface area contributed by atoms with E-state index in [2.05, 4.69) is 26.0 Å².